The molecule has 1 heterocycles. The average Bonchev–Trinajstić information content (AvgIpc) is 3.65. The molecule has 0 N–H and O–H groups in total. The quantitative estimate of drug-likeness (QED) is 0.0190. The molecule has 1 aromatic heterocycles. The number of rotatable bonds is 24. The summed E-state index contributed by atoms with van der Waals surface area (Å²) in [7, 11) is 0. The van der Waals surface area contributed by atoms with Crippen molar-refractivity contribution in [3.8, 4) is 23.0 Å². The van der Waals surface area contributed by atoms with Crippen LogP contribution in [-0.4, -0.2) is 61.2 Å². The van der Waals surface area contributed by atoms with E-state index in [1.54, 1.807) is 72.9 Å². The van der Waals surface area contributed by atoms with Gasteiger partial charge in [0.05, 0.1) is 54.8 Å². The Bertz CT molecular complexity index is 2590. The third-order valence-electron chi connectivity index (χ3n) is 10.2. The van der Waals surface area contributed by atoms with Crippen molar-refractivity contribution in [2.24, 2.45) is 5.10 Å². The highest BCUT2D eigenvalue weighted by molar-refractivity contribution is 6.10. The standard InChI is InChI=1S/C52H52N2O10/c1-4-48(55)61-33-14-8-6-12-31-59-41-25-21-38(22-26-41)51(57)63-43-29-30-47(40(35-43)36-53-54-45-19-11-10-18-44(45)50-37(3)17-16-20-46(50)54)64-52(58)39-23-27-42(28-24-39)60-32-13-7-9-15-34-62-49(56)5-2/h4-5,10-11,16-30,35-36H,1-2,6-9,12-15,31-34H2,3H3/b53-36+. The normalized spacial score (nSPS) is 11.0. The number of hydrogen-bond acceptors (Lipinski definition) is 11. The van der Waals surface area contributed by atoms with Gasteiger partial charge in [0, 0.05) is 28.5 Å². The van der Waals surface area contributed by atoms with Crippen LogP contribution in [0.15, 0.2) is 140 Å². The van der Waals surface area contributed by atoms with E-state index < -0.39 is 23.9 Å². The van der Waals surface area contributed by atoms with Crippen LogP contribution < -0.4 is 18.9 Å². The van der Waals surface area contributed by atoms with Crippen molar-refractivity contribution >= 4 is 51.9 Å². The molecular formula is C52H52N2O10. The fraction of sp³-hybridized carbons (Fsp3) is 0.250. The minimum absolute atomic E-state index is 0.211. The lowest BCUT2D eigenvalue weighted by Gasteiger charge is -2.11. The fourth-order valence-electron chi connectivity index (χ4n) is 6.86. The van der Waals surface area contributed by atoms with Crippen LogP contribution in [0.25, 0.3) is 21.8 Å². The Kier molecular flexibility index (Phi) is 17.0. The number of carbonyl (C=O) groups excluding carboxylic acids is 4. The molecule has 0 saturated carbocycles. The van der Waals surface area contributed by atoms with Gasteiger partial charge in [-0.3, -0.25) is 0 Å². The van der Waals surface area contributed by atoms with Crippen molar-refractivity contribution in [3.63, 3.8) is 0 Å². The molecule has 0 radical (unpaired) electrons. The highest BCUT2D eigenvalue weighted by Gasteiger charge is 2.17. The van der Waals surface area contributed by atoms with Gasteiger partial charge >= 0.3 is 23.9 Å². The number of aryl methyl sites for hydroxylation is 1. The van der Waals surface area contributed by atoms with E-state index in [0.29, 0.717) is 54.6 Å². The van der Waals surface area contributed by atoms with Crippen molar-refractivity contribution in [1.82, 2.24) is 4.68 Å². The maximum Gasteiger partial charge on any atom is 0.343 e. The van der Waals surface area contributed by atoms with Crippen LogP contribution >= 0.6 is 0 Å². The molecule has 0 unspecified atom stereocenters. The molecule has 6 rings (SSSR count). The Labute approximate surface area is 372 Å². The molecule has 0 bridgehead atoms. The zero-order valence-electron chi connectivity index (χ0n) is 36.0. The SMILES string of the molecule is C=CC(=O)OCCCCCCOc1ccc(C(=O)Oc2ccc(OC(=O)c3ccc(OCCCCCCOC(=O)C=C)cc3)c(/C=N/n3c4ccccc4c4c(C)cccc43)c2)cc1. The maximum atomic E-state index is 13.5. The van der Waals surface area contributed by atoms with E-state index >= 15 is 0 Å². The summed E-state index contributed by atoms with van der Waals surface area (Å²) in [6, 6.07) is 32.2. The van der Waals surface area contributed by atoms with Gasteiger partial charge in [0.15, 0.2) is 0 Å². The van der Waals surface area contributed by atoms with Crippen molar-refractivity contribution in [2.45, 2.75) is 58.3 Å². The Morgan fingerprint density at radius 1 is 0.562 bits per heavy atom. The molecular weight excluding hydrogens is 813 g/mol. The first-order valence-electron chi connectivity index (χ1n) is 21.4. The Hall–Kier alpha value is -7.47. The van der Waals surface area contributed by atoms with Gasteiger partial charge in [0.2, 0.25) is 0 Å². The van der Waals surface area contributed by atoms with Crippen molar-refractivity contribution in [2.75, 3.05) is 26.4 Å². The first kappa shape index (κ1) is 46.0. The van der Waals surface area contributed by atoms with Crippen LogP contribution in [0.2, 0.25) is 0 Å². The van der Waals surface area contributed by atoms with Crippen molar-refractivity contribution < 1.29 is 47.6 Å². The summed E-state index contributed by atoms with van der Waals surface area (Å²) in [6.07, 6.45) is 10.7. The Balaban J connectivity index is 1.11. The highest BCUT2D eigenvalue weighted by Crippen LogP contribution is 2.32. The molecule has 0 fully saturated rings. The topological polar surface area (TPSA) is 141 Å². The van der Waals surface area contributed by atoms with Crippen LogP contribution in [0.3, 0.4) is 0 Å². The second-order valence-corrected chi connectivity index (χ2v) is 14.8. The lowest BCUT2D eigenvalue weighted by molar-refractivity contribution is -0.138. The smallest absolute Gasteiger partial charge is 0.343 e. The number of esters is 4. The van der Waals surface area contributed by atoms with E-state index in [0.717, 1.165) is 90.9 Å². The summed E-state index contributed by atoms with van der Waals surface area (Å²) in [6.45, 7) is 10.6. The monoisotopic (exact) mass is 864 g/mol. The molecule has 330 valence electrons. The van der Waals surface area contributed by atoms with E-state index in [9.17, 15) is 19.2 Å². The van der Waals surface area contributed by atoms with Crippen LogP contribution in [0.4, 0.5) is 0 Å². The number of nitrogens with zero attached hydrogens (tertiary/aromatic N) is 2. The van der Waals surface area contributed by atoms with Gasteiger partial charge in [-0.15, -0.1) is 0 Å². The molecule has 0 aliphatic rings. The number of benzene rings is 5. The number of para-hydroxylation sites is 1. The highest BCUT2D eigenvalue weighted by atomic mass is 16.5. The average molecular weight is 865 g/mol. The molecule has 0 atom stereocenters. The number of unbranched alkanes of at least 4 members (excludes halogenated alkanes) is 6. The van der Waals surface area contributed by atoms with E-state index in [1.165, 1.54) is 0 Å². The molecule has 12 nitrogen and oxygen atoms in total. The molecule has 64 heavy (non-hydrogen) atoms. The minimum Gasteiger partial charge on any atom is -0.494 e. The summed E-state index contributed by atoms with van der Waals surface area (Å²) < 4.78 is 35.3. The number of hydrogen-bond donors (Lipinski definition) is 0. The largest absolute Gasteiger partial charge is 0.494 e. The zero-order valence-corrected chi connectivity index (χ0v) is 36.0. The van der Waals surface area contributed by atoms with E-state index in [1.807, 2.05) is 35.0 Å². The van der Waals surface area contributed by atoms with E-state index in [4.69, 9.17) is 33.5 Å². The predicted molar refractivity (Wildman–Crippen MR) is 247 cm³/mol. The molecule has 0 aliphatic carbocycles. The van der Waals surface area contributed by atoms with Crippen molar-refractivity contribution in [1.29, 1.82) is 0 Å². The first-order valence-corrected chi connectivity index (χ1v) is 21.4. The van der Waals surface area contributed by atoms with Crippen LogP contribution in [0, 0.1) is 6.92 Å². The van der Waals surface area contributed by atoms with Gasteiger partial charge in [-0.2, -0.15) is 5.10 Å². The molecule has 0 aliphatic heterocycles. The molecule has 0 amide bonds. The van der Waals surface area contributed by atoms with Gasteiger partial charge in [0.25, 0.3) is 0 Å². The summed E-state index contributed by atoms with van der Waals surface area (Å²) in [5, 5.41) is 7.02. The van der Waals surface area contributed by atoms with Crippen LogP contribution in [-0.2, 0) is 19.1 Å². The van der Waals surface area contributed by atoms with Gasteiger partial charge in [-0.05, 0) is 143 Å². The molecule has 5 aromatic carbocycles. The third-order valence-corrected chi connectivity index (χ3v) is 10.2. The number of ether oxygens (including phenoxy) is 6. The van der Waals surface area contributed by atoms with Crippen LogP contribution in [0.1, 0.15) is 83.2 Å². The first-order chi connectivity index (χ1) is 31.2. The zero-order chi connectivity index (χ0) is 45.1. The molecule has 12 heteroatoms. The molecule has 6 aromatic rings. The number of carbonyl (C=O) groups is 4. The van der Waals surface area contributed by atoms with Gasteiger partial charge in [0.1, 0.15) is 23.0 Å². The minimum atomic E-state index is -0.593. The van der Waals surface area contributed by atoms with Crippen LogP contribution in [0.5, 0.6) is 23.0 Å². The molecule has 0 spiro atoms. The predicted octanol–water partition coefficient (Wildman–Crippen LogP) is 10.8. The summed E-state index contributed by atoms with van der Waals surface area (Å²) in [5.41, 5.74) is 3.95. The lowest BCUT2D eigenvalue weighted by atomic mass is 10.1. The summed E-state index contributed by atoms with van der Waals surface area (Å²) in [4.78, 5) is 49.2. The fourth-order valence-corrected chi connectivity index (χ4v) is 6.86. The summed E-state index contributed by atoms with van der Waals surface area (Å²) >= 11 is 0. The lowest BCUT2D eigenvalue weighted by Crippen LogP contribution is -2.11. The number of aromatic nitrogens is 1. The molecule has 0 saturated heterocycles. The Morgan fingerprint density at radius 3 is 1.66 bits per heavy atom. The number of fused-ring (bicyclic) bond motifs is 3. The van der Waals surface area contributed by atoms with Gasteiger partial charge in [-0.1, -0.05) is 43.5 Å². The van der Waals surface area contributed by atoms with E-state index in [2.05, 4.69) is 32.2 Å². The van der Waals surface area contributed by atoms with Gasteiger partial charge < -0.3 is 28.4 Å². The van der Waals surface area contributed by atoms with E-state index in [-0.39, 0.29) is 11.5 Å². The maximum absolute atomic E-state index is 13.5. The second kappa shape index (κ2) is 23.7. The second-order valence-electron chi connectivity index (χ2n) is 14.8. The van der Waals surface area contributed by atoms with Gasteiger partial charge in [-0.25, -0.2) is 23.9 Å². The Morgan fingerprint density at radius 2 is 1.08 bits per heavy atom. The summed E-state index contributed by atoms with van der Waals surface area (Å²) in [5.74, 6) is -0.328. The van der Waals surface area contributed by atoms with Crippen molar-refractivity contribution in [3.05, 3.63) is 157 Å². The third kappa shape index (κ3) is 13.0.